The van der Waals surface area contributed by atoms with Gasteiger partial charge in [-0.2, -0.15) is 0 Å². The van der Waals surface area contributed by atoms with Gasteiger partial charge in [0.05, 0.1) is 19.1 Å². The first kappa shape index (κ1) is 25.4. The molecule has 1 N–H and O–H groups in total. The van der Waals surface area contributed by atoms with Crippen LogP contribution in [0, 0.1) is 0 Å². The summed E-state index contributed by atoms with van der Waals surface area (Å²) in [4.78, 5) is 31.8. The molecule has 194 valence electrons. The van der Waals surface area contributed by atoms with Crippen molar-refractivity contribution in [3.63, 3.8) is 0 Å². The maximum absolute atomic E-state index is 13.4. The molecule has 0 spiro atoms. The zero-order chi connectivity index (χ0) is 26.9. The van der Waals surface area contributed by atoms with Gasteiger partial charge in [-0.25, -0.2) is 13.1 Å². The highest BCUT2D eigenvalue weighted by Gasteiger charge is 2.33. The second-order valence-corrected chi connectivity index (χ2v) is 10.5. The van der Waals surface area contributed by atoms with Gasteiger partial charge in [-0.3, -0.25) is 19.5 Å². The van der Waals surface area contributed by atoms with Gasteiger partial charge in [0.2, 0.25) is 10.0 Å². The molecule has 0 unspecified atom stereocenters. The van der Waals surface area contributed by atoms with Crippen LogP contribution in [-0.2, 0) is 23.0 Å². The van der Waals surface area contributed by atoms with E-state index in [1.165, 1.54) is 20.3 Å². The molecule has 2 amide bonds. The molecule has 10 heteroatoms. The molecule has 0 fully saturated rings. The van der Waals surface area contributed by atoms with Crippen LogP contribution >= 0.6 is 0 Å². The molecule has 0 saturated heterocycles. The summed E-state index contributed by atoms with van der Waals surface area (Å²) in [5.74, 6) is -0.262. The summed E-state index contributed by atoms with van der Waals surface area (Å²) in [6.07, 6.45) is 3.26. The Bertz CT molecular complexity index is 1600. The standard InChI is InChI=1S/C28H25N3O6S/c1-36-23-14-20(25(15-24(23)37-2)38(34,35)30-17-18-6-5-12-29-16-18)11-13-31-27(32)21-9-3-7-19-8-4-10-22(26(19)21)28(31)33/h3-10,12,14-16,30H,11,13,17H2,1-2H3. The molecule has 0 radical (unpaired) electrons. The van der Waals surface area contributed by atoms with E-state index in [1.54, 1.807) is 54.9 Å². The number of benzene rings is 3. The summed E-state index contributed by atoms with van der Waals surface area (Å²) in [6.45, 7) is 0.0108. The number of ether oxygens (including phenoxy) is 2. The molecule has 1 aliphatic heterocycles. The van der Waals surface area contributed by atoms with Crippen molar-refractivity contribution in [2.24, 2.45) is 0 Å². The molecule has 4 aromatic rings. The number of imide groups is 1. The van der Waals surface area contributed by atoms with Crippen molar-refractivity contribution >= 4 is 32.6 Å². The largest absolute Gasteiger partial charge is 0.493 e. The number of pyridine rings is 1. The lowest BCUT2D eigenvalue weighted by Crippen LogP contribution is -2.41. The van der Waals surface area contributed by atoms with Gasteiger partial charge in [-0.1, -0.05) is 30.3 Å². The lowest BCUT2D eigenvalue weighted by Gasteiger charge is -2.27. The van der Waals surface area contributed by atoms with E-state index >= 15 is 0 Å². The number of methoxy groups -OCH3 is 2. The van der Waals surface area contributed by atoms with E-state index in [-0.39, 0.29) is 30.2 Å². The number of carbonyl (C=O) groups is 2. The zero-order valence-electron chi connectivity index (χ0n) is 20.8. The van der Waals surface area contributed by atoms with E-state index in [2.05, 4.69) is 9.71 Å². The monoisotopic (exact) mass is 531 g/mol. The van der Waals surface area contributed by atoms with Crippen LogP contribution in [0.2, 0.25) is 0 Å². The number of sulfonamides is 1. The Kier molecular flexibility index (Phi) is 6.83. The Balaban J connectivity index is 1.47. The normalized spacial score (nSPS) is 13.2. The lowest BCUT2D eigenvalue weighted by molar-refractivity contribution is 0.0612. The van der Waals surface area contributed by atoms with Gasteiger partial charge in [0.25, 0.3) is 11.8 Å². The van der Waals surface area contributed by atoms with Crippen LogP contribution in [0.15, 0.2) is 78.0 Å². The molecule has 0 aliphatic carbocycles. The third-order valence-electron chi connectivity index (χ3n) is 6.51. The van der Waals surface area contributed by atoms with Crippen molar-refractivity contribution < 1.29 is 27.5 Å². The van der Waals surface area contributed by atoms with Crippen LogP contribution in [0.1, 0.15) is 31.8 Å². The molecule has 1 aliphatic rings. The summed E-state index contributed by atoms with van der Waals surface area (Å²) in [6, 6.07) is 17.1. The Hall–Kier alpha value is -4.28. The van der Waals surface area contributed by atoms with E-state index in [0.29, 0.717) is 33.4 Å². The lowest BCUT2D eigenvalue weighted by atomic mass is 9.94. The second kappa shape index (κ2) is 10.2. The number of hydrogen-bond donors (Lipinski definition) is 1. The summed E-state index contributed by atoms with van der Waals surface area (Å²) >= 11 is 0. The van der Waals surface area contributed by atoms with Gasteiger partial charge >= 0.3 is 0 Å². The molecule has 38 heavy (non-hydrogen) atoms. The Morgan fingerprint density at radius 1 is 0.895 bits per heavy atom. The van der Waals surface area contributed by atoms with Gasteiger partial charge in [-0.15, -0.1) is 0 Å². The van der Waals surface area contributed by atoms with Crippen LogP contribution in [-0.4, -0.2) is 50.9 Å². The minimum absolute atomic E-state index is 0.0248. The van der Waals surface area contributed by atoms with E-state index in [4.69, 9.17) is 9.47 Å². The average molecular weight is 532 g/mol. The predicted molar refractivity (Wildman–Crippen MR) is 141 cm³/mol. The van der Waals surface area contributed by atoms with Crippen molar-refractivity contribution in [3.05, 3.63) is 95.3 Å². The molecular weight excluding hydrogens is 506 g/mol. The molecule has 0 bridgehead atoms. The number of carbonyl (C=O) groups excluding carboxylic acids is 2. The summed E-state index contributed by atoms with van der Waals surface area (Å²) in [5, 5.41) is 1.45. The summed E-state index contributed by atoms with van der Waals surface area (Å²) < 4.78 is 40.1. The van der Waals surface area contributed by atoms with E-state index in [0.717, 1.165) is 10.3 Å². The van der Waals surface area contributed by atoms with Crippen LogP contribution in [0.25, 0.3) is 10.8 Å². The number of hydrogen-bond acceptors (Lipinski definition) is 7. The van der Waals surface area contributed by atoms with Gasteiger partial charge in [0.1, 0.15) is 0 Å². The third-order valence-corrected chi connectivity index (χ3v) is 7.99. The fraction of sp³-hybridized carbons (Fsp3) is 0.179. The van der Waals surface area contributed by atoms with Crippen molar-refractivity contribution in [1.29, 1.82) is 0 Å². The Morgan fingerprint density at radius 3 is 2.16 bits per heavy atom. The quantitative estimate of drug-likeness (QED) is 0.328. The van der Waals surface area contributed by atoms with Crippen molar-refractivity contribution in [3.8, 4) is 11.5 Å². The fourth-order valence-corrected chi connectivity index (χ4v) is 5.90. The summed E-state index contributed by atoms with van der Waals surface area (Å²) in [5.41, 5.74) is 1.95. The minimum atomic E-state index is -4.01. The Morgan fingerprint density at radius 2 is 1.55 bits per heavy atom. The highest BCUT2D eigenvalue weighted by molar-refractivity contribution is 7.89. The molecule has 1 aromatic heterocycles. The van der Waals surface area contributed by atoms with Gasteiger partial charge < -0.3 is 9.47 Å². The Labute approximate surface area is 220 Å². The number of nitrogens with zero attached hydrogens (tertiary/aromatic N) is 2. The molecule has 0 atom stereocenters. The third kappa shape index (κ3) is 4.59. The SMILES string of the molecule is COc1cc(CCN2C(=O)c3cccc4cccc(c34)C2=O)c(S(=O)(=O)NCc2cccnc2)cc1OC. The number of aromatic nitrogens is 1. The van der Waals surface area contributed by atoms with Gasteiger partial charge in [-0.05, 0) is 47.2 Å². The molecule has 5 rings (SSSR count). The first-order chi connectivity index (χ1) is 18.3. The molecule has 3 aromatic carbocycles. The first-order valence-corrected chi connectivity index (χ1v) is 13.3. The van der Waals surface area contributed by atoms with Gasteiger partial charge in [0.15, 0.2) is 11.5 Å². The van der Waals surface area contributed by atoms with Crippen molar-refractivity contribution in [1.82, 2.24) is 14.6 Å². The van der Waals surface area contributed by atoms with E-state index in [1.807, 2.05) is 12.1 Å². The summed E-state index contributed by atoms with van der Waals surface area (Å²) in [7, 11) is -1.14. The molecular formula is C28H25N3O6S. The van der Waals surface area contributed by atoms with Gasteiger partial charge in [0, 0.05) is 48.1 Å². The average Bonchev–Trinajstić information content (AvgIpc) is 2.94. The predicted octanol–water partition coefficient (Wildman–Crippen LogP) is 3.57. The molecule has 0 saturated carbocycles. The topological polar surface area (TPSA) is 115 Å². The molecule has 2 heterocycles. The van der Waals surface area contributed by atoms with Crippen LogP contribution in [0.4, 0.5) is 0 Å². The highest BCUT2D eigenvalue weighted by atomic mass is 32.2. The van der Waals surface area contributed by atoms with Crippen LogP contribution in [0.5, 0.6) is 11.5 Å². The zero-order valence-corrected chi connectivity index (χ0v) is 21.6. The number of amides is 2. The second-order valence-electron chi connectivity index (χ2n) is 8.72. The van der Waals surface area contributed by atoms with Crippen LogP contribution in [0.3, 0.4) is 0 Å². The first-order valence-electron chi connectivity index (χ1n) is 11.9. The molecule has 9 nitrogen and oxygen atoms in total. The van der Waals surface area contributed by atoms with E-state index in [9.17, 15) is 18.0 Å². The smallest absolute Gasteiger partial charge is 0.261 e. The highest BCUT2D eigenvalue weighted by Crippen LogP contribution is 2.34. The maximum atomic E-state index is 13.4. The van der Waals surface area contributed by atoms with Crippen LogP contribution < -0.4 is 14.2 Å². The number of rotatable bonds is 9. The van der Waals surface area contributed by atoms with E-state index < -0.39 is 21.8 Å². The number of nitrogens with one attached hydrogen (secondary N) is 1. The van der Waals surface area contributed by atoms with Crippen molar-refractivity contribution in [2.45, 2.75) is 17.9 Å². The maximum Gasteiger partial charge on any atom is 0.261 e. The minimum Gasteiger partial charge on any atom is -0.493 e. The fourth-order valence-electron chi connectivity index (χ4n) is 4.62. The van der Waals surface area contributed by atoms with Crippen molar-refractivity contribution in [2.75, 3.05) is 20.8 Å².